The number of ether oxygens (including phenoxy) is 3. The number of phenols is 1. The fourth-order valence-electron chi connectivity index (χ4n) is 9.61. The minimum Gasteiger partial charge on any atom is -0.508 e. The van der Waals surface area contributed by atoms with Crippen LogP contribution in [0.5, 0.6) is 11.8 Å². The van der Waals surface area contributed by atoms with Gasteiger partial charge >= 0.3 is 6.01 Å². The molecule has 1 spiro atoms. The van der Waals surface area contributed by atoms with Crippen molar-refractivity contribution in [2.24, 2.45) is 10.8 Å². The van der Waals surface area contributed by atoms with E-state index in [0.717, 1.165) is 58.3 Å². The van der Waals surface area contributed by atoms with Gasteiger partial charge in [-0.3, -0.25) is 9.88 Å². The predicted molar refractivity (Wildman–Crippen MR) is 185 cm³/mol. The van der Waals surface area contributed by atoms with E-state index in [1.54, 1.807) is 6.20 Å². The van der Waals surface area contributed by atoms with Crippen molar-refractivity contribution >= 4 is 27.5 Å². The first-order valence-corrected chi connectivity index (χ1v) is 17.9. The van der Waals surface area contributed by atoms with E-state index in [1.165, 1.54) is 37.1 Å². The van der Waals surface area contributed by atoms with Crippen LogP contribution in [-0.2, 0) is 9.47 Å². The molecule has 0 bridgehead atoms. The van der Waals surface area contributed by atoms with Crippen molar-refractivity contribution in [3.05, 3.63) is 47.7 Å². The Kier molecular flexibility index (Phi) is 7.83. The third-order valence-corrected chi connectivity index (χ3v) is 12.1. The molecule has 5 aliphatic rings. The van der Waals surface area contributed by atoms with Crippen LogP contribution < -0.4 is 9.64 Å². The number of piperidine rings is 1. The Bertz CT molecular complexity index is 2020. The Labute approximate surface area is 289 Å². The molecule has 5 heterocycles. The molecule has 9 nitrogen and oxygen atoms in total. The molecule has 50 heavy (non-hydrogen) atoms. The molecule has 0 radical (unpaired) electrons. The standard InChI is InChI=1S/C39H41F2N5O4/c1-2-27-30(40)8-7-24-16-26(47)17-28(32(24)27)34-33(41)35-29(20-42-34)36(45-11-5-14-48-15-13-45)44-37(43-35)50-23-39-9-3-6-31(39)46(12-4-10-39)25-18-38(19-25)21-49-22-38/h1,7-8,16-17,20,25,31,47H,3-6,9-15,18-19,21-23H2. The van der Waals surface area contributed by atoms with Gasteiger partial charge in [0, 0.05) is 59.8 Å². The minimum absolute atomic E-state index is 0.00975. The van der Waals surface area contributed by atoms with Crippen molar-refractivity contribution in [1.82, 2.24) is 19.9 Å². The molecule has 1 N–H and O–H groups in total. The largest absolute Gasteiger partial charge is 0.508 e. The second-order valence-corrected chi connectivity index (χ2v) is 15.1. The molecule has 2 unspecified atom stereocenters. The summed E-state index contributed by atoms with van der Waals surface area (Å²) in [6, 6.07) is 6.75. The van der Waals surface area contributed by atoms with Crippen molar-refractivity contribution < 1.29 is 28.1 Å². The monoisotopic (exact) mass is 681 g/mol. The number of anilines is 1. The first-order valence-electron chi connectivity index (χ1n) is 17.9. The third-order valence-electron chi connectivity index (χ3n) is 12.1. The molecule has 260 valence electrons. The van der Waals surface area contributed by atoms with E-state index in [1.807, 2.05) is 0 Å². The van der Waals surface area contributed by atoms with Gasteiger partial charge in [0.2, 0.25) is 0 Å². The number of nitrogens with zero attached hydrogens (tertiary/aromatic N) is 5. The number of likely N-dealkylation sites (tertiary alicyclic amines) is 1. The maximum atomic E-state index is 17.0. The minimum atomic E-state index is -0.721. The summed E-state index contributed by atoms with van der Waals surface area (Å²) < 4.78 is 49.7. The lowest BCUT2D eigenvalue weighted by Crippen LogP contribution is -2.64. The summed E-state index contributed by atoms with van der Waals surface area (Å²) >= 11 is 0. The van der Waals surface area contributed by atoms with Crippen LogP contribution in [0.15, 0.2) is 30.5 Å². The van der Waals surface area contributed by atoms with E-state index >= 15 is 4.39 Å². The number of pyridine rings is 1. The van der Waals surface area contributed by atoms with E-state index in [4.69, 9.17) is 30.6 Å². The van der Waals surface area contributed by atoms with Gasteiger partial charge in [-0.2, -0.15) is 9.97 Å². The Morgan fingerprint density at radius 2 is 1.88 bits per heavy atom. The normalized spacial score (nSPS) is 25.2. The fraction of sp³-hybridized carbons (Fsp3) is 0.513. The van der Waals surface area contributed by atoms with Gasteiger partial charge in [0.05, 0.1) is 37.4 Å². The number of fused-ring (bicyclic) bond motifs is 3. The number of hydrogen-bond acceptors (Lipinski definition) is 9. The Morgan fingerprint density at radius 1 is 1.02 bits per heavy atom. The number of halogens is 2. The zero-order valence-electron chi connectivity index (χ0n) is 28.1. The van der Waals surface area contributed by atoms with E-state index in [2.05, 4.69) is 20.7 Å². The van der Waals surface area contributed by atoms with E-state index in [0.29, 0.717) is 72.4 Å². The highest BCUT2D eigenvalue weighted by Crippen LogP contribution is 2.55. The Morgan fingerprint density at radius 3 is 2.70 bits per heavy atom. The lowest BCUT2D eigenvalue weighted by atomic mass is 9.62. The van der Waals surface area contributed by atoms with Gasteiger partial charge in [-0.05, 0) is 75.1 Å². The van der Waals surface area contributed by atoms with Gasteiger partial charge in [0.15, 0.2) is 5.82 Å². The molecule has 3 aliphatic heterocycles. The predicted octanol–water partition coefficient (Wildman–Crippen LogP) is 6.23. The Balaban J connectivity index is 1.10. The van der Waals surface area contributed by atoms with E-state index in [-0.39, 0.29) is 39.5 Å². The summed E-state index contributed by atoms with van der Waals surface area (Å²) in [5, 5.41) is 11.8. The van der Waals surface area contributed by atoms with Crippen LogP contribution in [0.4, 0.5) is 14.6 Å². The van der Waals surface area contributed by atoms with Gasteiger partial charge in [-0.1, -0.05) is 18.4 Å². The molecule has 9 rings (SSSR count). The average molecular weight is 682 g/mol. The molecule has 5 fully saturated rings. The smallest absolute Gasteiger partial charge is 0.319 e. The molecule has 4 aromatic rings. The summed E-state index contributed by atoms with van der Waals surface area (Å²) in [6.45, 7) is 5.78. The number of phenolic OH excluding ortho intramolecular Hbond substituents is 1. The van der Waals surface area contributed by atoms with Crippen LogP contribution in [0.1, 0.15) is 56.9 Å². The third kappa shape index (κ3) is 5.18. The van der Waals surface area contributed by atoms with Crippen LogP contribution in [0.2, 0.25) is 0 Å². The van der Waals surface area contributed by atoms with Crippen molar-refractivity contribution in [3.8, 4) is 35.4 Å². The number of aromatic nitrogens is 3. The van der Waals surface area contributed by atoms with E-state index < -0.39 is 11.6 Å². The van der Waals surface area contributed by atoms with Gasteiger partial charge < -0.3 is 24.2 Å². The molecule has 11 heteroatoms. The van der Waals surface area contributed by atoms with Crippen molar-refractivity contribution in [2.75, 3.05) is 57.6 Å². The summed E-state index contributed by atoms with van der Waals surface area (Å²) in [6.07, 6.45) is 16.1. The molecule has 2 aromatic heterocycles. The van der Waals surface area contributed by atoms with Gasteiger partial charge in [-0.25, -0.2) is 8.78 Å². The molecule has 3 saturated heterocycles. The molecule has 2 atom stereocenters. The number of hydrogen-bond donors (Lipinski definition) is 1. The maximum Gasteiger partial charge on any atom is 0.319 e. The van der Waals surface area contributed by atoms with Crippen LogP contribution in [-0.4, -0.2) is 89.7 Å². The first kappa shape index (κ1) is 31.8. The average Bonchev–Trinajstić information content (AvgIpc) is 3.33. The summed E-state index contributed by atoms with van der Waals surface area (Å²) in [7, 11) is 0. The fourth-order valence-corrected chi connectivity index (χ4v) is 9.61. The SMILES string of the molecule is C#Cc1c(F)ccc2cc(O)cc(-c3ncc4c(N5CCCOCC5)nc(OCC56CCCC5N(C5CC7(COC7)C5)CCC6)nc4c3F)c12. The zero-order valence-corrected chi connectivity index (χ0v) is 28.1. The number of aromatic hydroxyl groups is 1. The lowest BCUT2D eigenvalue weighted by Gasteiger charge is -2.60. The number of rotatable bonds is 6. The number of terminal acetylenes is 1. The van der Waals surface area contributed by atoms with Crippen molar-refractivity contribution in [2.45, 2.75) is 63.5 Å². The molecule has 2 saturated carbocycles. The van der Waals surface area contributed by atoms with Crippen LogP contribution in [0, 0.1) is 34.8 Å². The molecule has 2 aromatic carbocycles. The molecule has 0 amide bonds. The summed E-state index contributed by atoms with van der Waals surface area (Å²) in [4.78, 5) is 19.0. The highest BCUT2D eigenvalue weighted by Gasteiger charge is 2.56. The van der Waals surface area contributed by atoms with Crippen molar-refractivity contribution in [1.29, 1.82) is 0 Å². The lowest BCUT2D eigenvalue weighted by molar-refractivity contribution is -0.196. The van der Waals surface area contributed by atoms with Gasteiger partial charge in [0.25, 0.3) is 0 Å². The van der Waals surface area contributed by atoms with Gasteiger partial charge in [-0.15, -0.1) is 6.42 Å². The zero-order chi connectivity index (χ0) is 34.0. The molecular weight excluding hydrogens is 640 g/mol. The van der Waals surface area contributed by atoms with Gasteiger partial charge in [0.1, 0.15) is 28.6 Å². The maximum absolute atomic E-state index is 17.0. The molecular formula is C39H41F2N5O4. The highest BCUT2D eigenvalue weighted by atomic mass is 19.1. The second-order valence-electron chi connectivity index (χ2n) is 15.1. The Hall–Kier alpha value is -4.11. The summed E-state index contributed by atoms with van der Waals surface area (Å²) in [5.41, 5.74) is 0.502. The topological polar surface area (TPSA) is 93.1 Å². The molecule has 2 aliphatic carbocycles. The van der Waals surface area contributed by atoms with Crippen molar-refractivity contribution in [3.63, 3.8) is 0 Å². The highest BCUT2D eigenvalue weighted by molar-refractivity contribution is 6.03. The second kappa shape index (κ2) is 12.3. The quantitative estimate of drug-likeness (QED) is 0.238. The van der Waals surface area contributed by atoms with Crippen LogP contribution in [0.3, 0.4) is 0 Å². The first-order chi connectivity index (χ1) is 24.4. The number of benzene rings is 2. The van der Waals surface area contributed by atoms with E-state index in [9.17, 15) is 9.50 Å². The van der Waals surface area contributed by atoms with Crippen LogP contribution in [0.25, 0.3) is 32.9 Å². The van der Waals surface area contributed by atoms with Crippen LogP contribution >= 0.6 is 0 Å². The summed E-state index contributed by atoms with van der Waals surface area (Å²) in [5.74, 6) is 1.49.